The second kappa shape index (κ2) is 10.2. The Bertz CT molecular complexity index is 1420. The standard InChI is InChI=1S/C25H18F3N5O3/c1-36-22-11-10-17(14-19(22)23(34)35)32-33-21-5-3-2-4-18(21)20-12-13-29-24(31-20)30-16-8-6-15(7-9-16)25(26,27)28/h2-14H,1H3,(H,34,35)(H,29,30,31). The first-order valence-corrected chi connectivity index (χ1v) is 10.4. The van der Waals surface area contributed by atoms with Gasteiger partial charge in [0.15, 0.2) is 0 Å². The molecule has 11 heteroatoms. The number of hydrogen-bond acceptors (Lipinski definition) is 7. The van der Waals surface area contributed by atoms with Crippen LogP contribution in [0.25, 0.3) is 11.3 Å². The number of aromatic nitrogens is 2. The molecule has 0 spiro atoms. The maximum atomic E-state index is 12.8. The topological polar surface area (TPSA) is 109 Å². The molecule has 4 rings (SSSR count). The maximum absolute atomic E-state index is 12.8. The lowest BCUT2D eigenvalue weighted by Crippen LogP contribution is -2.04. The smallest absolute Gasteiger partial charge is 0.416 e. The summed E-state index contributed by atoms with van der Waals surface area (Å²) < 4.78 is 43.4. The van der Waals surface area contributed by atoms with Crippen LogP contribution in [-0.4, -0.2) is 28.2 Å². The molecule has 0 saturated carbocycles. The van der Waals surface area contributed by atoms with E-state index in [9.17, 15) is 23.1 Å². The van der Waals surface area contributed by atoms with Crippen LogP contribution in [0.2, 0.25) is 0 Å². The number of nitrogens with zero attached hydrogens (tertiary/aromatic N) is 4. The normalized spacial score (nSPS) is 11.4. The Hall–Kier alpha value is -4.80. The van der Waals surface area contributed by atoms with Gasteiger partial charge in [0, 0.05) is 17.4 Å². The highest BCUT2D eigenvalue weighted by Crippen LogP contribution is 2.33. The van der Waals surface area contributed by atoms with Gasteiger partial charge in [0.05, 0.1) is 29.7 Å². The second-order valence-corrected chi connectivity index (χ2v) is 7.37. The summed E-state index contributed by atoms with van der Waals surface area (Å²) in [5.74, 6) is -0.769. The first kappa shape index (κ1) is 24.3. The molecule has 0 aliphatic heterocycles. The van der Waals surface area contributed by atoms with Gasteiger partial charge in [-0.2, -0.15) is 18.3 Å². The molecule has 0 fully saturated rings. The van der Waals surface area contributed by atoms with Gasteiger partial charge in [-0.05, 0) is 54.6 Å². The molecule has 0 atom stereocenters. The summed E-state index contributed by atoms with van der Waals surface area (Å²) in [7, 11) is 1.38. The summed E-state index contributed by atoms with van der Waals surface area (Å²) >= 11 is 0. The van der Waals surface area contributed by atoms with E-state index < -0.39 is 17.7 Å². The van der Waals surface area contributed by atoms with Crippen molar-refractivity contribution in [1.82, 2.24) is 9.97 Å². The van der Waals surface area contributed by atoms with Gasteiger partial charge in [-0.1, -0.05) is 18.2 Å². The largest absolute Gasteiger partial charge is 0.496 e. The van der Waals surface area contributed by atoms with E-state index in [-0.39, 0.29) is 17.3 Å². The SMILES string of the molecule is COc1ccc(N=Nc2ccccc2-c2ccnc(Nc3ccc(C(F)(F)F)cc3)n2)cc1C(=O)O. The Morgan fingerprint density at radius 2 is 1.75 bits per heavy atom. The highest BCUT2D eigenvalue weighted by Gasteiger charge is 2.29. The summed E-state index contributed by atoms with van der Waals surface area (Å²) in [4.78, 5) is 20.0. The number of halogens is 3. The van der Waals surface area contributed by atoms with Crippen LogP contribution in [-0.2, 0) is 6.18 Å². The molecule has 36 heavy (non-hydrogen) atoms. The zero-order chi connectivity index (χ0) is 25.7. The van der Waals surface area contributed by atoms with Crippen molar-refractivity contribution >= 4 is 29.0 Å². The third-order valence-electron chi connectivity index (χ3n) is 4.99. The predicted octanol–water partition coefficient (Wildman–Crippen LogP) is 7.03. The van der Waals surface area contributed by atoms with Crippen molar-refractivity contribution in [2.75, 3.05) is 12.4 Å². The van der Waals surface area contributed by atoms with Gasteiger partial charge in [0.2, 0.25) is 5.95 Å². The molecule has 0 saturated heterocycles. The summed E-state index contributed by atoms with van der Waals surface area (Å²) in [5, 5.41) is 20.7. The van der Waals surface area contributed by atoms with E-state index in [1.165, 1.54) is 37.6 Å². The van der Waals surface area contributed by atoms with Crippen molar-refractivity contribution in [2.45, 2.75) is 6.18 Å². The van der Waals surface area contributed by atoms with E-state index in [0.29, 0.717) is 28.3 Å². The number of azo groups is 1. The molecule has 0 amide bonds. The number of ether oxygens (including phenoxy) is 1. The summed E-state index contributed by atoms with van der Waals surface area (Å²) in [5.41, 5.74) is 1.48. The van der Waals surface area contributed by atoms with Gasteiger partial charge < -0.3 is 15.2 Å². The number of hydrogen-bond donors (Lipinski definition) is 2. The number of methoxy groups -OCH3 is 1. The number of carbonyl (C=O) groups is 1. The maximum Gasteiger partial charge on any atom is 0.416 e. The lowest BCUT2D eigenvalue weighted by Gasteiger charge is -2.10. The third-order valence-corrected chi connectivity index (χ3v) is 4.99. The quantitative estimate of drug-likeness (QED) is 0.268. The van der Waals surface area contributed by atoms with Crippen molar-refractivity contribution in [3.05, 3.63) is 90.1 Å². The fraction of sp³-hybridized carbons (Fsp3) is 0.0800. The Labute approximate surface area is 203 Å². The molecule has 1 aromatic heterocycles. The Kier molecular flexibility index (Phi) is 6.91. The third kappa shape index (κ3) is 5.63. The summed E-state index contributed by atoms with van der Waals surface area (Å²) in [6.07, 6.45) is -2.92. The van der Waals surface area contributed by atoms with Crippen LogP contribution in [0.1, 0.15) is 15.9 Å². The molecule has 0 aliphatic carbocycles. The van der Waals surface area contributed by atoms with E-state index in [2.05, 4.69) is 25.5 Å². The lowest BCUT2D eigenvalue weighted by molar-refractivity contribution is -0.137. The predicted molar refractivity (Wildman–Crippen MR) is 126 cm³/mol. The molecular weight excluding hydrogens is 475 g/mol. The van der Waals surface area contributed by atoms with E-state index in [0.717, 1.165) is 12.1 Å². The fourth-order valence-corrected chi connectivity index (χ4v) is 3.25. The monoisotopic (exact) mass is 493 g/mol. The van der Waals surface area contributed by atoms with Crippen molar-refractivity contribution < 1.29 is 27.8 Å². The summed E-state index contributed by atoms with van der Waals surface area (Å²) in [6, 6.07) is 17.6. The van der Waals surface area contributed by atoms with Crippen LogP contribution >= 0.6 is 0 Å². The van der Waals surface area contributed by atoms with E-state index >= 15 is 0 Å². The number of anilines is 2. The molecule has 0 bridgehead atoms. The molecule has 0 unspecified atom stereocenters. The van der Waals surface area contributed by atoms with Crippen LogP contribution in [0.3, 0.4) is 0 Å². The van der Waals surface area contributed by atoms with Gasteiger partial charge in [-0.25, -0.2) is 14.8 Å². The highest BCUT2D eigenvalue weighted by molar-refractivity contribution is 5.92. The van der Waals surface area contributed by atoms with Crippen LogP contribution < -0.4 is 10.1 Å². The van der Waals surface area contributed by atoms with Crippen LogP contribution in [0.5, 0.6) is 5.75 Å². The number of rotatable bonds is 7. The lowest BCUT2D eigenvalue weighted by atomic mass is 10.1. The number of alkyl halides is 3. The van der Waals surface area contributed by atoms with Crippen molar-refractivity contribution in [3.63, 3.8) is 0 Å². The first-order valence-electron chi connectivity index (χ1n) is 10.4. The molecular formula is C25H18F3N5O3. The highest BCUT2D eigenvalue weighted by atomic mass is 19.4. The number of carboxylic acids is 1. The van der Waals surface area contributed by atoms with Gasteiger partial charge in [0.25, 0.3) is 0 Å². The fourth-order valence-electron chi connectivity index (χ4n) is 3.25. The molecule has 2 N–H and O–H groups in total. The van der Waals surface area contributed by atoms with E-state index in [1.807, 2.05) is 0 Å². The average Bonchev–Trinajstić information content (AvgIpc) is 2.87. The van der Waals surface area contributed by atoms with E-state index in [4.69, 9.17) is 4.74 Å². The Morgan fingerprint density at radius 3 is 2.44 bits per heavy atom. The molecule has 8 nitrogen and oxygen atoms in total. The van der Waals surface area contributed by atoms with Crippen molar-refractivity contribution in [2.24, 2.45) is 10.2 Å². The van der Waals surface area contributed by atoms with Gasteiger partial charge in [0.1, 0.15) is 11.3 Å². The minimum absolute atomic E-state index is 0.0444. The zero-order valence-corrected chi connectivity index (χ0v) is 18.7. The molecule has 0 aliphatic rings. The second-order valence-electron chi connectivity index (χ2n) is 7.37. The minimum atomic E-state index is -4.42. The molecule has 1 heterocycles. The van der Waals surface area contributed by atoms with Gasteiger partial charge >= 0.3 is 12.1 Å². The van der Waals surface area contributed by atoms with Crippen LogP contribution in [0.4, 0.5) is 36.2 Å². The Morgan fingerprint density at radius 1 is 1.00 bits per heavy atom. The number of carboxylic acid groups (broad SMARTS) is 1. The minimum Gasteiger partial charge on any atom is -0.496 e. The number of benzene rings is 3. The zero-order valence-electron chi connectivity index (χ0n) is 18.7. The molecule has 4 aromatic rings. The van der Waals surface area contributed by atoms with Crippen molar-refractivity contribution in [3.8, 4) is 17.0 Å². The molecule has 0 radical (unpaired) electrons. The van der Waals surface area contributed by atoms with Gasteiger partial charge in [-0.3, -0.25) is 0 Å². The van der Waals surface area contributed by atoms with Crippen LogP contribution in [0.15, 0.2) is 89.2 Å². The molecule has 182 valence electrons. The summed E-state index contributed by atoms with van der Waals surface area (Å²) in [6.45, 7) is 0. The number of nitrogens with one attached hydrogen (secondary N) is 1. The van der Waals surface area contributed by atoms with Crippen LogP contribution in [0, 0.1) is 0 Å². The average molecular weight is 493 g/mol. The number of aromatic carboxylic acids is 1. The van der Waals surface area contributed by atoms with E-state index in [1.54, 1.807) is 36.4 Å². The molecule has 3 aromatic carbocycles. The van der Waals surface area contributed by atoms with Gasteiger partial charge in [-0.15, -0.1) is 5.11 Å². The first-order chi connectivity index (χ1) is 17.2. The Balaban J connectivity index is 1.59. The van der Waals surface area contributed by atoms with Crippen molar-refractivity contribution in [1.29, 1.82) is 0 Å².